The van der Waals surface area contributed by atoms with Crippen LogP contribution < -0.4 is 5.32 Å². The van der Waals surface area contributed by atoms with Gasteiger partial charge in [-0.05, 0) is 18.6 Å². The van der Waals surface area contributed by atoms with E-state index < -0.39 is 0 Å². The summed E-state index contributed by atoms with van der Waals surface area (Å²) in [5, 5.41) is 2.78. The Balaban J connectivity index is 2.56. The molecule has 1 amide bonds. The highest BCUT2D eigenvalue weighted by Gasteiger charge is 2.26. The molecule has 15 heavy (non-hydrogen) atoms. The lowest BCUT2D eigenvalue weighted by atomic mass is 9.98. The van der Waals surface area contributed by atoms with Gasteiger partial charge in [0.15, 0.2) is 5.78 Å². The molecule has 0 saturated heterocycles. The van der Waals surface area contributed by atoms with Crippen LogP contribution in [-0.2, 0) is 4.79 Å². The number of benzene rings is 1. The minimum absolute atomic E-state index is 0.0500. The number of fused-ring (bicyclic) bond motifs is 1. The second-order valence-electron chi connectivity index (χ2n) is 4.02. The Hall–Kier alpha value is -1.64. The van der Waals surface area contributed by atoms with E-state index in [2.05, 4.69) is 5.32 Å². The van der Waals surface area contributed by atoms with Crippen molar-refractivity contribution in [3.05, 3.63) is 29.3 Å². The molecule has 1 atom stereocenters. The van der Waals surface area contributed by atoms with Gasteiger partial charge in [-0.1, -0.05) is 19.1 Å². The van der Waals surface area contributed by atoms with Crippen LogP contribution in [0, 0.1) is 12.8 Å². The third-order valence-corrected chi connectivity index (χ3v) is 2.75. The summed E-state index contributed by atoms with van der Waals surface area (Å²) in [6.07, 6.45) is 0.295. The molecule has 0 bridgehead atoms. The fourth-order valence-corrected chi connectivity index (χ4v) is 1.87. The molecular formula is C12H13NO2. The van der Waals surface area contributed by atoms with Crippen molar-refractivity contribution in [3.63, 3.8) is 0 Å². The van der Waals surface area contributed by atoms with Crippen molar-refractivity contribution in [2.75, 3.05) is 5.32 Å². The molecular weight excluding hydrogens is 190 g/mol. The van der Waals surface area contributed by atoms with Crippen molar-refractivity contribution < 1.29 is 9.59 Å². The topological polar surface area (TPSA) is 46.2 Å². The number of carbonyl (C=O) groups excluding carboxylic acids is 2. The quantitative estimate of drug-likeness (QED) is 0.702. The van der Waals surface area contributed by atoms with E-state index in [1.54, 1.807) is 13.0 Å². The summed E-state index contributed by atoms with van der Waals surface area (Å²) in [4.78, 5) is 23.5. The van der Waals surface area contributed by atoms with Gasteiger partial charge in [-0.15, -0.1) is 0 Å². The highest BCUT2D eigenvalue weighted by Crippen LogP contribution is 2.26. The predicted molar refractivity (Wildman–Crippen MR) is 57.9 cm³/mol. The van der Waals surface area contributed by atoms with E-state index in [-0.39, 0.29) is 17.6 Å². The van der Waals surface area contributed by atoms with E-state index in [1.807, 2.05) is 19.1 Å². The standard InChI is InChI=1S/C12H13NO2/c1-7-4-3-5-9-11(7)10(14)6-8(2)12(15)13-9/h3-5,8H,6H2,1-2H3,(H,13,15)/t8-/m1/s1. The Labute approximate surface area is 88.5 Å². The first kappa shape index (κ1) is 9.90. The Kier molecular flexibility index (Phi) is 2.31. The van der Waals surface area contributed by atoms with Gasteiger partial charge >= 0.3 is 0 Å². The minimum atomic E-state index is -0.246. The van der Waals surface area contributed by atoms with Gasteiger partial charge in [0.25, 0.3) is 0 Å². The minimum Gasteiger partial charge on any atom is -0.325 e. The third-order valence-electron chi connectivity index (χ3n) is 2.75. The summed E-state index contributed by atoms with van der Waals surface area (Å²) in [5.41, 5.74) is 2.23. The van der Waals surface area contributed by atoms with Crippen LogP contribution in [0.15, 0.2) is 18.2 Å². The number of ketones is 1. The maximum Gasteiger partial charge on any atom is 0.227 e. The number of anilines is 1. The number of hydrogen-bond acceptors (Lipinski definition) is 2. The van der Waals surface area contributed by atoms with Crippen LogP contribution in [0.25, 0.3) is 0 Å². The molecule has 0 aromatic heterocycles. The molecule has 0 fully saturated rings. The van der Waals surface area contributed by atoms with Crippen LogP contribution in [0.2, 0.25) is 0 Å². The first-order valence-corrected chi connectivity index (χ1v) is 5.03. The molecule has 1 aliphatic rings. The molecule has 1 heterocycles. The molecule has 0 aliphatic carbocycles. The lowest BCUT2D eigenvalue weighted by Crippen LogP contribution is -2.18. The number of amides is 1. The van der Waals surface area contributed by atoms with Crippen LogP contribution in [0.5, 0.6) is 0 Å². The molecule has 0 saturated carbocycles. The molecule has 1 N–H and O–H groups in total. The molecule has 0 unspecified atom stereocenters. The SMILES string of the molecule is Cc1cccc2c1C(=O)C[C@@H](C)C(=O)N2. The first-order valence-electron chi connectivity index (χ1n) is 5.03. The number of carbonyl (C=O) groups is 2. The van der Waals surface area contributed by atoms with Crippen LogP contribution in [0.4, 0.5) is 5.69 Å². The highest BCUT2D eigenvalue weighted by molar-refractivity contribution is 6.10. The molecule has 78 valence electrons. The monoisotopic (exact) mass is 203 g/mol. The third kappa shape index (κ3) is 1.65. The Morgan fingerprint density at radius 1 is 1.33 bits per heavy atom. The Morgan fingerprint density at radius 3 is 2.80 bits per heavy atom. The van der Waals surface area contributed by atoms with Crippen molar-refractivity contribution in [2.24, 2.45) is 5.92 Å². The van der Waals surface area contributed by atoms with Crippen molar-refractivity contribution in [1.29, 1.82) is 0 Å². The van der Waals surface area contributed by atoms with Crippen molar-refractivity contribution in [2.45, 2.75) is 20.3 Å². The number of aryl methyl sites for hydroxylation is 1. The molecule has 1 aliphatic heterocycles. The fraction of sp³-hybridized carbons (Fsp3) is 0.333. The number of hydrogen-bond donors (Lipinski definition) is 1. The molecule has 3 nitrogen and oxygen atoms in total. The van der Waals surface area contributed by atoms with E-state index >= 15 is 0 Å². The summed E-state index contributed by atoms with van der Waals surface area (Å²) in [6, 6.07) is 5.51. The van der Waals surface area contributed by atoms with Gasteiger partial charge in [0, 0.05) is 17.9 Å². The molecule has 1 aromatic rings. The maximum atomic E-state index is 11.9. The summed E-state index contributed by atoms with van der Waals surface area (Å²) in [5.74, 6) is -0.272. The van der Waals surface area contributed by atoms with Gasteiger partial charge in [0.05, 0.1) is 5.69 Å². The lowest BCUT2D eigenvalue weighted by molar-refractivity contribution is -0.119. The second-order valence-corrected chi connectivity index (χ2v) is 4.02. The lowest BCUT2D eigenvalue weighted by Gasteiger charge is -2.07. The van der Waals surface area contributed by atoms with Crippen LogP contribution in [-0.4, -0.2) is 11.7 Å². The van der Waals surface area contributed by atoms with Crippen LogP contribution in [0.1, 0.15) is 29.3 Å². The summed E-state index contributed by atoms with van der Waals surface area (Å²) in [7, 11) is 0. The zero-order valence-electron chi connectivity index (χ0n) is 8.83. The average molecular weight is 203 g/mol. The predicted octanol–water partition coefficient (Wildman–Crippen LogP) is 2.16. The van der Waals surface area contributed by atoms with E-state index in [0.717, 1.165) is 5.56 Å². The fourth-order valence-electron chi connectivity index (χ4n) is 1.87. The van der Waals surface area contributed by atoms with Gasteiger partial charge in [0.1, 0.15) is 0 Å². The van der Waals surface area contributed by atoms with E-state index in [9.17, 15) is 9.59 Å². The van der Waals surface area contributed by atoms with Crippen LogP contribution in [0.3, 0.4) is 0 Å². The molecule has 0 radical (unpaired) electrons. The van der Waals surface area contributed by atoms with E-state index in [0.29, 0.717) is 17.7 Å². The smallest absolute Gasteiger partial charge is 0.227 e. The summed E-state index contributed by atoms with van der Waals surface area (Å²) >= 11 is 0. The van der Waals surface area contributed by atoms with Crippen molar-refractivity contribution >= 4 is 17.4 Å². The number of Topliss-reactive ketones (excluding diaryl/α,β-unsaturated/α-hetero) is 1. The van der Waals surface area contributed by atoms with Gasteiger partial charge in [-0.2, -0.15) is 0 Å². The maximum absolute atomic E-state index is 11.9. The average Bonchev–Trinajstić information content (AvgIpc) is 2.26. The second kappa shape index (κ2) is 3.50. The summed E-state index contributed by atoms with van der Waals surface area (Å²) < 4.78 is 0. The summed E-state index contributed by atoms with van der Waals surface area (Å²) in [6.45, 7) is 3.66. The van der Waals surface area contributed by atoms with E-state index in [1.165, 1.54) is 0 Å². The molecule has 2 rings (SSSR count). The molecule has 1 aromatic carbocycles. The van der Waals surface area contributed by atoms with E-state index in [4.69, 9.17) is 0 Å². The van der Waals surface area contributed by atoms with Crippen LogP contribution >= 0.6 is 0 Å². The van der Waals surface area contributed by atoms with Gasteiger partial charge in [-0.25, -0.2) is 0 Å². The zero-order chi connectivity index (χ0) is 11.0. The number of rotatable bonds is 0. The van der Waals surface area contributed by atoms with Crippen molar-refractivity contribution in [3.8, 4) is 0 Å². The van der Waals surface area contributed by atoms with Gasteiger partial charge < -0.3 is 5.32 Å². The molecule has 0 spiro atoms. The highest BCUT2D eigenvalue weighted by atomic mass is 16.2. The first-order chi connectivity index (χ1) is 7.09. The number of nitrogens with one attached hydrogen (secondary N) is 1. The van der Waals surface area contributed by atoms with Gasteiger partial charge in [-0.3, -0.25) is 9.59 Å². The Bertz CT molecular complexity index is 437. The molecule has 3 heteroatoms. The Morgan fingerprint density at radius 2 is 2.07 bits per heavy atom. The largest absolute Gasteiger partial charge is 0.325 e. The zero-order valence-corrected chi connectivity index (χ0v) is 8.83. The van der Waals surface area contributed by atoms with Crippen molar-refractivity contribution in [1.82, 2.24) is 0 Å². The van der Waals surface area contributed by atoms with Gasteiger partial charge in [0.2, 0.25) is 5.91 Å². The normalized spacial score (nSPS) is 20.5.